The molecule has 17 heavy (non-hydrogen) atoms. The zero-order chi connectivity index (χ0) is 12.1. The molecular weight excluding hydrogens is 226 g/mol. The largest absolute Gasteiger partial charge is 0.480 e. The highest BCUT2D eigenvalue weighted by Crippen LogP contribution is 2.11. The van der Waals surface area contributed by atoms with Crippen LogP contribution in [0.3, 0.4) is 0 Å². The van der Waals surface area contributed by atoms with Crippen LogP contribution in [0.15, 0.2) is 28.9 Å². The van der Waals surface area contributed by atoms with E-state index in [1.54, 1.807) is 24.4 Å². The van der Waals surface area contributed by atoms with Gasteiger partial charge in [-0.3, -0.25) is 4.98 Å². The maximum absolute atomic E-state index is 10.2. The van der Waals surface area contributed by atoms with Crippen LogP contribution in [0, 0.1) is 0 Å². The van der Waals surface area contributed by atoms with Crippen molar-refractivity contribution in [3.8, 4) is 11.5 Å². The smallest absolute Gasteiger partial charge is 0.329 e. The van der Waals surface area contributed by atoms with Crippen LogP contribution in [-0.4, -0.2) is 32.8 Å². The average Bonchev–Trinajstić information content (AvgIpc) is 2.78. The van der Waals surface area contributed by atoms with E-state index in [1.165, 1.54) is 0 Å². The van der Waals surface area contributed by atoms with Crippen LogP contribution < -0.4 is 0 Å². The lowest BCUT2D eigenvalue weighted by atomic mass is 10.3. The number of hydrogen-bond acceptors (Lipinski definition) is 6. The van der Waals surface area contributed by atoms with Crippen LogP contribution in [0.25, 0.3) is 11.5 Å². The molecule has 0 aromatic carbocycles. The fourth-order valence-electron chi connectivity index (χ4n) is 1.14. The van der Waals surface area contributed by atoms with Gasteiger partial charge in [0.05, 0.1) is 0 Å². The van der Waals surface area contributed by atoms with E-state index in [0.717, 1.165) is 0 Å². The van der Waals surface area contributed by atoms with Crippen LogP contribution in [0.2, 0.25) is 0 Å². The molecule has 0 fully saturated rings. The van der Waals surface area contributed by atoms with Crippen molar-refractivity contribution in [2.24, 2.45) is 0 Å². The Balaban J connectivity index is 1.99. The van der Waals surface area contributed by atoms with E-state index in [1.807, 2.05) is 0 Å². The number of aromatic nitrogens is 3. The van der Waals surface area contributed by atoms with Crippen LogP contribution in [0.1, 0.15) is 5.89 Å². The summed E-state index contributed by atoms with van der Waals surface area (Å²) < 4.78 is 9.70. The summed E-state index contributed by atoms with van der Waals surface area (Å²) in [6.07, 6.45) is 1.62. The van der Waals surface area contributed by atoms with E-state index < -0.39 is 12.6 Å². The summed E-state index contributed by atoms with van der Waals surface area (Å²) in [7, 11) is 0. The zero-order valence-electron chi connectivity index (χ0n) is 8.74. The van der Waals surface area contributed by atoms with E-state index >= 15 is 0 Å². The number of hydrogen-bond donors (Lipinski definition) is 1. The first kappa shape index (κ1) is 11.2. The van der Waals surface area contributed by atoms with Crippen molar-refractivity contribution in [2.75, 3.05) is 6.61 Å². The van der Waals surface area contributed by atoms with E-state index in [2.05, 4.69) is 15.1 Å². The van der Waals surface area contributed by atoms with Gasteiger partial charge < -0.3 is 14.4 Å². The van der Waals surface area contributed by atoms with Gasteiger partial charge in [-0.1, -0.05) is 11.2 Å². The number of pyridine rings is 1. The quantitative estimate of drug-likeness (QED) is 0.815. The second-order valence-corrected chi connectivity index (χ2v) is 3.11. The zero-order valence-corrected chi connectivity index (χ0v) is 8.74. The van der Waals surface area contributed by atoms with Gasteiger partial charge in [0.1, 0.15) is 18.9 Å². The summed E-state index contributed by atoms with van der Waals surface area (Å²) in [6.45, 7) is -0.437. The summed E-state index contributed by atoms with van der Waals surface area (Å²) in [5, 5.41) is 12.1. The molecule has 2 heterocycles. The number of aliphatic carboxylic acids is 1. The molecule has 2 aromatic heterocycles. The fourth-order valence-corrected chi connectivity index (χ4v) is 1.14. The molecule has 7 heteroatoms. The van der Waals surface area contributed by atoms with Crippen molar-refractivity contribution in [1.82, 2.24) is 15.1 Å². The molecule has 0 unspecified atom stereocenters. The predicted octanol–water partition coefficient (Wildman–Crippen LogP) is 0.733. The molecule has 0 atom stereocenters. The van der Waals surface area contributed by atoms with E-state index in [9.17, 15) is 4.79 Å². The summed E-state index contributed by atoms with van der Waals surface area (Å²) in [4.78, 5) is 18.3. The standard InChI is InChI=1S/C10H9N3O4/c14-9(15)6-16-5-8-12-10(13-17-8)7-3-1-2-4-11-7/h1-4H,5-6H2,(H,14,15). The minimum atomic E-state index is -1.05. The number of nitrogens with zero attached hydrogens (tertiary/aromatic N) is 3. The van der Waals surface area contributed by atoms with E-state index in [4.69, 9.17) is 14.4 Å². The highest BCUT2D eigenvalue weighted by Gasteiger charge is 2.09. The van der Waals surface area contributed by atoms with Gasteiger partial charge in [-0.05, 0) is 12.1 Å². The molecule has 0 amide bonds. The van der Waals surface area contributed by atoms with Gasteiger partial charge in [-0.2, -0.15) is 4.98 Å². The Morgan fingerprint density at radius 3 is 3.06 bits per heavy atom. The minimum Gasteiger partial charge on any atom is -0.480 e. The Hall–Kier alpha value is -2.28. The number of carboxylic acids is 1. The molecule has 2 aromatic rings. The summed E-state index contributed by atoms with van der Waals surface area (Å²) in [5.41, 5.74) is 0.584. The highest BCUT2D eigenvalue weighted by molar-refractivity contribution is 5.67. The molecule has 0 bridgehead atoms. The highest BCUT2D eigenvalue weighted by atomic mass is 16.5. The van der Waals surface area contributed by atoms with Crippen LogP contribution >= 0.6 is 0 Å². The minimum absolute atomic E-state index is 0.0356. The van der Waals surface area contributed by atoms with Gasteiger partial charge >= 0.3 is 5.97 Å². The van der Waals surface area contributed by atoms with Gasteiger partial charge in [0.25, 0.3) is 5.89 Å². The topological polar surface area (TPSA) is 98.3 Å². The molecule has 0 saturated heterocycles. The van der Waals surface area contributed by atoms with Gasteiger partial charge in [-0.15, -0.1) is 0 Å². The van der Waals surface area contributed by atoms with Crippen molar-refractivity contribution in [1.29, 1.82) is 0 Å². The molecule has 88 valence electrons. The Morgan fingerprint density at radius 2 is 2.35 bits per heavy atom. The lowest BCUT2D eigenvalue weighted by Crippen LogP contribution is -2.06. The molecule has 0 aliphatic carbocycles. The lowest BCUT2D eigenvalue weighted by Gasteiger charge is -1.94. The first-order valence-electron chi connectivity index (χ1n) is 4.79. The first-order chi connectivity index (χ1) is 8.25. The summed E-state index contributed by atoms with van der Waals surface area (Å²) in [6, 6.07) is 5.33. The third kappa shape index (κ3) is 3.08. The molecule has 0 saturated carbocycles. The van der Waals surface area contributed by atoms with Crippen LogP contribution in [0.5, 0.6) is 0 Å². The van der Waals surface area contributed by atoms with Gasteiger partial charge in [0, 0.05) is 6.20 Å². The number of ether oxygens (including phenoxy) is 1. The molecule has 1 N–H and O–H groups in total. The fraction of sp³-hybridized carbons (Fsp3) is 0.200. The normalized spacial score (nSPS) is 10.4. The molecule has 2 rings (SSSR count). The van der Waals surface area contributed by atoms with E-state index in [0.29, 0.717) is 11.5 Å². The SMILES string of the molecule is O=C(O)COCc1nc(-c2ccccn2)no1. The van der Waals surface area contributed by atoms with Crippen molar-refractivity contribution in [3.63, 3.8) is 0 Å². The van der Waals surface area contributed by atoms with Crippen molar-refractivity contribution < 1.29 is 19.2 Å². The Labute approximate surface area is 96.1 Å². The third-order valence-corrected chi connectivity index (χ3v) is 1.81. The maximum atomic E-state index is 10.2. The number of carboxylic acid groups (broad SMARTS) is 1. The number of rotatable bonds is 5. The van der Waals surface area contributed by atoms with Crippen molar-refractivity contribution >= 4 is 5.97 Å². The molecule has 0 spiro atoms. The second kappa shape index (κ2) is 5.17. The van der Waals surface area contributed by atoms with Gasteiger partial charge in [0.2, 0.25) is 5.82 Å². The average molecular weight is 235 g/mol. The Morgan fingerprint density at radius 1 is 1.47 bits per heavy atom. The molecular formula is C10H9N3O4. The monoisotopic (exact) mass is 235 g/mol. The Bertz CT molecular complexity index is 497. The van der Waals surface area contributed by atoms with Crippen LogP contribution in [0.4, 0.5) is 0 Å². The molecule has 0 radical (unpaired) electrons. The first-order valence-corrected chi connectivity index (χ1v) is 4.79. The second-order valence-electron chi connectivity index (χ2n) is 3.11. The molecule has 0 aliphatic rings. The van der Waals surface area contributed by atoms with E-state index in [-0.39, 0.29) is 12.5 Å². The van der Waals surface area contributed by atoms with Gasteiger partial charge in [0.15, 0.2) is 0 Å². The van der Waals surface area contributed by atoms with Crippen LogP contribution in [-0.2, 0) is 16.1 Å². The molecule has 0 aliphatic heterocycles. The number of carbonyl (C=O) groups is 1. The Kier molecular flexibility index (Phi) is 3.41. The molecule has 7 nitrogen and oxygen atoms in total. The third-order valence-electron chi connectivity index (χ3n) is 1.81. The summed E-state index contributed by atoms with van der Waals surface area (Å²) in [5.74, 6) is -0.485. The lowest BCUT2D eigenvalue weighted by molar-refractivity contribution is -0.142. The van der Waals surface area contributed by atoms with Crippen molar-refractivity contribution in [2.45, 2.75) is 6.61 Å². The summed E-state index contributed by atoms with van der Waals surface area (Å²) >= 11 is 0. The van der Waals surface area contributed by atoms with Gasteiger partial charge in [-0.25, -0.2) is 4.79 Å². The van der Waals surface area contributed by atoms with Crippen molar-refractivity contribution in [3.05, 3.63) is 30.3 Å². The predicted molar refractivity (Wildman–Crippen MR) is 54.8 cm³/mol. The maximum Gasteiger partial charge on any atom is 0.329 e.